The molecule has 1 rings (SSSR count). The van der Waals surface area contributed by atoms with Crippen molar-refractivity contribution in [2.45, 2.75) is 40.5 Å². The molecule has 0 atom stereocenters. The van der Waals surface area contributed by atoms with Crippen LogP contribution in [0.2, 0.25) is 0 Å². The van der Waals surface area contributed by atoms with Crippen molar-refractivity contribution in [3.8, 4) is 0 Å². The highest BCUT2D eigenvalue weighted by atomic mass is 79.9. The van der Waals surface area contributed by atoms with E-state index < -0.39 is 0 Å². The third-order valence-electron chi connectivity index (χ3n) is 3.13. The highest BCUT2D eigenvalue weighted by molar-refractivity contribution is 9.10. The zero-order valence-electron chi connectivity index (χ0n) is 10.4. The normalized spacial score (nSPS) is 10.9. The SMILES string of the molecule is CCC(CC)C(=O)c1cc(C)c(Br)cc1C. The van der Waals surface area contributed by atoms with Gasteiger partial charge in [-0.3, -0.25) is 4.79 Å². The van der Waals surface area contributed by atoms with Crippen LogP contribution in [0.5, 0.6) is 0 Å². The summed E-state index contributed by atoms with van der Waals surface area (Å²) in [6, 6.07) is 4.03. The number of hydrogen-bond donors (Lipinski definition) is 0. The molecule has 0 amide bonds. The maximum atomic E-state index is 12.3. The molecule has 0 heterocycles. The van der Waals surface area contributed by atoms with Gasteiger partial charge in [0.05, 0.1) is 0 Å². The average Bonchev–Trinajstić information content (AvgIpc) is 2.25. The average molecular weight is 283 g/mol. The lowest BCUT2D eigenvalue weighted by molar-refractivity contribution is 0.0912. The van der Waals surface area contributed by atoms with Crippen LogP contribution in [-0.4, -0.2) is 5.78 Å². The molecule has 0 aliphatic carbocycles. The van der Waals surface area contributed by atoms with Gasteiger partial charge in [0, 0.05) is 16.0 Å². The van der Waals surface area contributed by atoms with Crippen LogP contribution in [0.3, 0.4) is 0 Å². The van der Waals surface area contributed by atoms with E-state index in [0.29, 0.717) is 0 Å². The molecule has 0 saturated carbocycles. The van der Waals surface area contributed by atoms with Gasteiger partial charge in [0.25, 0.3) is 0 Å². The molecular weight excluding hydrogens is 264 g/mol. The first-order valence-electron chi connectivity index (χ1n) is 5.82. The van der Waals surface area contributed by atoms with Crippen molar-refractivity contribution < 1.29 is 4.79 Å². The predicted octanol–water partition coefficient (Wildman–Crippen LogP) is 4.68. The zero-order valence-corrected chi connectivity index (χ0v) is 12.0. The molecule has 0 aromatic heterocycles. The smallest absolute Gasteiger partial charge is 0.166 e. The number of carbonyl (C=O) groups is 1. The van der Waals surface area contributed by atoms with Crippen LogP contribution >= 0.6 is 15.9 Å². The van der Waals surface area contributed by atoms with Crippen LogP contribution < -0.4 is 0 Å². The number of carbonyl (C=O) groups excluding carboxylic acids is 1. The number of rotatable bonds is 4. The fourth-order valence-electron chi connectivity index (χ4n) is 1.93. The Bertz CT molecular complexity index is 392. The van der Waals surface area contributed by atoms with Crippen molar-refractivity contribution in [2.75, 3.05) is 0 Å². The van der Waals surface area contributed by atoms with Gasteiger partial charge in [-0.2, -0.15) is 0 Å². The summed E-state index contributed by atoms with van der Waals surface area (Å²) in [7, 11) is 0. The Labute approximate surface area is 106 Å². The Balaban J connectivity index is 3.13. The number of ketones is 1. The minimum atomic E-state index is 0.166. The summed E-state index contributed by atoms with van der Waals surface area (Å²) in [6.45, 7) is 8.17. The Morgan fingerprint density at radius 3 is 2.25 bits per heavy atom. The Morgan fingerprint density at radius 1 is 1.19 bits per heavy atom. The second kappa shape index (κ2) is 5.62. The summed E-state index contributed by atoms with van der Waals surface area (Å²) < 4.78 is 1.08. The van der Waals surface area contributed by atoms with Gasteiger partial charge < -0.3 is 0 Å². The van der Waals surface area contributed by atoms with Crippen LogP contribution in [0.25, 0.3) is 0 Å². The summed E-state index contributed by atoms with van der Waals surface area (Å²) >= 11 is 3.49. The van der Waals surface area contributed by atoms with Crippen molar-refractivity contribution in [1.82, 2.24) is 0 Å². The number of Topliss-reactive ketones (excluding diaryl/α,β-unsaturated/α-hetero) is 1. The van der Waals surface area contributed by atoms with E-state index in [4.69, 9.17) is 0 Å². The minimum Gasteiger partial charge on any atom is -0.294 e. The second-order valence-electron chi connectivity index (χ2n) is 4.29. The largest absolute Gasteiger partial charge is 0.294 e. The van der Waals surface area contributed by atoms with E-state index in [1.165, 1.54) is 0 Å². The standard InChI is InChI=1S/C14H19BrO/c1-5-11(6-2)14(16)12-7-10(4)13(15)8-9(12)3/h7-8,11H,5-6H2,1-4H3. The fraction of sp³-hybridized carbons (Fsp3) is 0.500. The van der Waals surface area contributed by atoms with Crippen molar-refractivity contribution in [3.05, 3.63) is 33.3 Å². The summed E-state index contributed by atoms with van der Waals surface area (Å²) in [5.74, 6) is 0.456. The van der Waals surface area contributed by atoms with Gasteiger partial charge in [0.1, 0.15) is 0 Å². The monoisotopic (exact) mass is 282 g/mol. The lowest BCUT2D eigenvalue weighted by atomic mass is 9.90. The van der Waals surface area contributed by atoms with Gasteiger partial charge in [0.2, 0.25) is 0 Å². The van der Waals surface area contributed by atoms with Gasteiger partial charge in [-0.05, 0) is 49.9 Å². The van der Waals surface area contributed by atoms with Gasteiger partial charge in [-0.15, -0.1) is 0 Å². The molecule has 0 unspecified atom stereocenters. The van der Waals surface area contributed by atoms with E-state index in [2.05, 4.69) is 29.8 Å². The Morgan fingerprint density at radius 2 is 1.75 bits per heavy atom. The van der Waals surface area contributed by atoms with Crippen LogP contribution in [0.1, 0.15) is 48.2 Å². The molecule has 1 aromatic rings. The number of halogens is 1. The van der Waals surface area contributed by atoms with E-state index in [0.717, 1.165) is 34.0 Å². The van der Waals surface area contributed by atoms with Gasteiger partial charge >= 0.3 is 0 Å². The maximum absolute atomic E-state index is 12.3. The van der Waals surface area contributed by atoms with Crippen LogP contribution in [-0.2, 0) is 0 Å². The highest BCUT2D eigenvalue weighted by Crippen LogP contribution is 2.24. The van der Waals surface area contributed by atoms with Gasteiger partial charge in [-0.25, -0.2) is 0 Å². The lowest BCUT2D eigenvalue weighted by Crippen LogP contribution is -2.14. The lowest BCUT2D eigenvalue weighted by Gasteiger charge is -2.14. The molecule has 0 aliphatic rings. The van der Waals surface area contributed by atoms with Crippen molar-refractivity contribution in [2.24, 2.45) is 5.92 Å². The number of benzene rings is 1. The molecule has 0 radical (unpaired) electrons. The highest BCUT2D eigenvalue weighted by Gasteiger charge is 2.18. The van der Waals surface area contributed by atoms with E-state index in [1.807, 2.05) is 26.0 Å². The molecule has 0 fully saturated rings. The first kappa shape index (κ1) is 13.4. The zero-order chi connectivity index (χ0) is 12.3. The molecule has 0 spiro atoms. The summed E-state index contributed by atoms with van der Waals surface area (Å²) in [5.41, 5.74) is 3.07. The van der Waals surface area contributed by atoms with Crippen molar-refractivity contribution >= 4 is 21.7 Å². The first-order chi connectivity index (χ1) is 7.51. The Hall–Kier alpha value is -0.630. The summed E-state index contributed by atoms with van der Waals surface area (Å²) in [5, 5.41) is 0. The summed E-state index contributed by atoms with van der Waals surface area (Å²) in [4.78, 5) is 12.3. The number of hydrogen-bond acceptors (Lipinski definition) is 1. The van der Waals surface area contributed by atoms with Gasteiger partial charge in [-0.1, -0.05) is 29.8 Å². The molecule has 0 saturated heterocycles. The third kappa shape index (κ3) is 2.73. The number of aryl methyl sites for hydroxylation is 2. The van der Waals surface area contributed by atoms with E-state index in [1.54, 1.807) is 0 Å². The molecule has 16 heavy (non-hydrogen) atoms. The van der Waals surface area contributed by atoms with E-state index in [9.17, 15) is 4.79 Å². The molecular formula is C14H19BrO. The summed E-state index contributed by atoms with van der Waals surface area (Å²) in [6.07, 6.45) is 1.84. The molecule has 1 aromatic carbocycles. The topological polar surface area (TPSA) is 17.1 Å². The van der Waals surface area contributed by atoms with Crippen molar-refractivity contribution in [1.29, 1.82) is 0 Å². The quantitative estimate of drug-likeness (QED) is 0.733. The molecule has 0 N–H and O–H groups in total. The van der Waals surface area contributed by atoms with Crippen LogP contribution in [0.4, 0.5) is 0 Å². The molecule has 2 heteroatoms. The molecule has 1 nitrogen and oxygen atoms in total. The molecule has 0 aliphatic heterocycles. The molecule has 0 bridgehead atoms. The minimum absolute atomic E-state index is 0.166. The Kier molecular flexibility index (Phi) is 4.72. The van der Waals surface area contributed by atoms with E-state index in [-0.39, 0.29) is 11.7 Å². The second-order valence-corrected chi connectivity index (χ2v) is 5.15. The fourth-order valence-corrected chi connectivity index (χ4v) is 2.38. The van der Waals surface area contributed by atoms with E-state index >= 15 is 0 Å². The van der Waals surface area contributed by atoms with Crippen molar-refractivity contribution in [3.63, 3.8) is 0 Å². The maximum Gasteiger partial charge on any atom is 0.166 e. The third-order valence-corrected chi connectivity index (χ3v) is 3.98. The van der Waals surface area contributed by atoms with Gasteiger partial charge in [0.15, 0.2) is 5.78 Å². The molecule has 88 valence electrons. The first-order valence-corrected chi connectivity index (χ1v) is 6.61. The van der Waals surface area contributed by atoms with Crippen LogP contribution in [0.15, 0.2) is 16.6 Å². The van der Waals surface area contributed by atoms with Crippen LogP contribution in [0, 0.1) is 19.8 Å². The predicted molar refractivity (Wildman–Crippen MR) is 72.0 cm³/mol.